The molecule has 124 heavy (non-hydrogen) atoms. The summed E-state index contributed by atoms with van der Waals surface area (Å²) in [6, 6.07) is 14.4. The molecule has 3 aromatic rings. The number of aromatic nitrogens is 1. The zero-order valence-electron chi connectivity index (χ0n) is 83.6. The molecule has 9 nitrogen and oxygen atoms in total. The van der Waals surface area contributed by atoms with Gasteiger partial charge in [-0.05, 0) is 50.7 Å². The first kappa shape index (κ1) is 114. The van der Waals surface area contributed by atoms with Crippen LogP contribution in [0.3, 0.4) is 0 Å². The van der Waals surface area contributed by atoms with Gasteiger partial charge < -0.3 is 28.4 Å². The highest BCUT2D eigenvalue weighted by Gasteiger charge is 2.19. The highest BCUT2D eigenvalue weighted by molar-refractivity contribution is 5.84. The van der Waals surface area contributed by atoms with E-state index in [1.807, 2.05) is 24.6 Å². The van der Waals surface area contributed by atoms with Crippen molar-refractivity contribution in [2.24, 2.45) is 9.98 Å². The lowest BCUT2D eigenvalue weighted by atomic mass is 10.0. The van der Waals surface area contributed by atoms with Crippen molar-refractivity contribution in [2.45, 2.75) is 581 Å². The largest absolute Gasteiger partial charge is 0.489 e. The molecule has 0 unspecified atom stereocenters. The lowest BCUT2D eigenvalue weighted by Crippen LogP contribution is -2.06. The van der Waals surface area contributed by atoms with Crippen LogP contribution in [0, 0.1) is 0 Å². The predicted molar refractivity (Wildman–Crippen MR) is 546 cm³/mol. The molecule has 0 aliphatic heterocycles. The Labute approximate surface area is 771 Å². The summed E-state index contributed by atoms with van der Waals surface area (Å²) in [5, 5.41) is 0. The van der Waals surface area contributed by atoms with Gasteiger partial charge in [0.2, 0.25) is 11.5 Å². The van der Waals surface area contributed by atoms with E-state index < -0.39 is 0 Å². The monoisotopic (exact) mass is 1730 g/mol. The number of unbranched alkanes of at least 4 members (excludes halogenated alkanes) is 78. The minimum Gasteiger partial charge on any atom is -0.489 e. The molecule has 0 radical (unpaired) electrons. The fraction of sp³-hybridized carbons (Fsp3) is 0.835. The van der Waals surface area contributed by atoms with Crippen LogP contribution in [0.2, 0.25) is 0 Å². The normalized spacial score (nSPS) is 11.7. The van der Waals surface area contributed by atoms with E-state index in [1.165, 1.54) is 501 Å². The summed E-state index contributed by atoms with van der Waals surface area (Å²) in [6.45, 7) is 17.7. The summed E-state index contributed by atoms with van der Waals surface area (Å²) in [4.78, 5) is 15.5. The van der Waals surface area contributed by atoms with Crippen molar-refractivity contribution in [2.75, 3.05) is 39.6 Å². The number of rotatable bonds is 100. The molecule has 0 amide bonds. The zero-order chi connectivity index (χ0) is 88.1. The first-order valence-corrected chi connectivity index (χ1v) is 55.7. The Balaban J connectivity index is 1.91. The fourth-order valence-corrected chi connectivity index (χ4v) is 17.7. The van der Waals surface area contributed by atoms with Crippen molar-refractivity contribution in [3.63, 3.8) is 0 Å². The lowest BCUT2D eigenvalue weighted by molar-refractivity contribution is 0.234. The Morgan fingerprint density at radius 1 is 0.185 bits per heavy atom. The second-order valence-corrected chi connectivity index (χ2v) is 38.2. The van der Waals surface area contributed by atoms with Crippen LogP contribution in [-0.2, 0) is 0 Å². The molecule has 0 aliphatic rings. The summed E-state index contributed by atoms with van der Waals surface area (Å²) >= 11 is 0. The molecular formula is C115H207N3O6. The van der Waals surface area contributed by atoms with Crippen LogP contribution in [0.5, 0.6) is 34.5 Å². The molecule has 2 aromatic carbocycles. The van der Waals surface area contributed by atoms with E-state index in [0.717, 1.165) is 95.8 Å². The van der Waals surface area contributed by atoms with Crippen LogP contribution in [0.4, 0.5) is 11.4 Å². The molecule has 0 bridgehead atoms. The molecule has 0 atom stereocenters. The molecule has 0 spiro atoms. The van der Waals surface area contributed by atoms with E-state index in [4.69, 9.17) is 43.4 Å². The van der Waals surface area contributed by atoms with Gasteiger partial charge in [-0.3, -0.25) is 9.98 Å². The molecule has 9 heteroatoms. The van der Waals surface area contributed by atoms with Crippen LogP contribution in [0.1, 0.15) is 592 Å². The van der Waals surface area contributed by atoms with Crippen molar-refractivity contribution in [3.8, 4) is 34.5 Å². The molecule has 0 N–H and O–H groups in total. The van der Waals surface area contributed by atoms with Gasteiger partial charge in [0.15, 0.2) is 23.0 Å². The van der Waals surface area contributed by atoms with Gasteiger partial charge in [0.25, 0.3) is 0 Å². The highest BCUT2D eigenvalue weighted by atomic mass is 16.5. The van der Waals surface area contributed by atoms with Gasteiger partial charge in [-0.25, -0.2) is 4.98 Å². The average Bonchev–Trinajstić information content (AvgIpc) is 0.826. The molecule has 0 aliphatic carbocycles. The second kappa shape index (κ2) is 92.0. The number of nitrogens with zero attached hydrogens (tertiary/aromatic N) is 3. The topological polar surface area (TPSA) is 93.0 Å². The number of ether oxygens (including phenoxy) is 6. The van der Waals surface area contributed by atoms with E-state index in [9.17, 15) is 0 Å². The summed E-state index contributed by atoms with van der Waals surface area (Å²) < 4.78 is 41.2. The smallest absolute Gasteiger partial charge is 0.203 e. The maximum Gasteiger partial charge on any atom is 0.203 e. The SMILES string of the molecule is CCCCCCCCCCCCCCCCOc1cc(N=Cc2cccc(C=Nc3cc(OCCCCCCCCCCCCCCCC)c(OCCCCCCCCCCCCCCCC)c(OCCCCCCCCCCCCCCCC)c3)n2)cc(OCCCCCCCCCCCCCCCC)c1OCCCCCCCCCCCCCCCC. The Hall–Kier alpha value is -4.27. The number of benzene rings is 2. The third-order valence-electron chi connectivity index (χ3n) is 26.0. The predicted octanol–water partition coefficient (Wildman–Crippen LogP) is 39.7. The Morgan fingerprint density at radius 2 is 0.323 bits per heavy atom. The quantitative estimate of drug-likeness (QED) is 0.0411. The summed E-state index contributed by atoms with van der Waals surface area (Å²) in [7, 11) is 0. The minimum atomic E-state index is 0.636. The van der Waals surface area contributed by atoms with Gasteiger partial charge in [0.1, 0.15) is 0 Å². The summed E-state index contributed by atoms with van der Waals surface area (Å²) in [5.41, 5.74) is 3.04. The van der Waals surface area contributed by atoms with Gasteiger partial charge in [0, 0.05) is 24.3 Å². The fourth-order valence-electron chi connectivity index (χ4n) is 17.7. The number of hydrogen-bond donors (Lipinski definition) is 0. The molecule has 1 aromatic heterocycles. The molecule has 718 valence electrons. The Morgan fingerprint density at radius 3 is 0.476 bits per heavy atom. The zero-order valence-corrected chi connectivity index (χ0v) is 83.6. The minimum absolute atomic E-state index is 0.636. The van der Waals surface area contributed by atoms with E-state index >= 15 is 0 Å². The van der Waals surface area contributed by atoms with Gasteiger partial charge >= 0.3 is 0 Å². The Bertz CT molecular complexity index is 2460. The van der Waals surface area contributed by atoms with Crippen LogP contribution < -0.4 is 28.4 Å². The van der Waals surface area contributed by atoms with Crippen LogP contribution in [0.15, 0.2) is 52.4 Å². The van der Waals surface area contributed by atoms with Crippen molar-refractivity contribution in [1.82, 2.24) is 4.98 Å². The van der Waals surface area contributed by atoms with Crippen molar-refractivity contribution in [1.29, 1.82) is 0 Å². The molecule has 1 heterocycles. The van der Waals surface area contributed by atoms with Gasteiger partial charge in [0.05, 0.1) is 74.8 Å². The van der Waals surface area contributed by atoms with Gasteiger partial charge in [-0.2, -0.15) is 0 Å². The average molecular weight is 1730 g/mol. The third-order valence-corrected chi connectivity index (χ3v) is 26.0. The van der Waals surface area contributed by atoms with Crippen LogP contribution >= 0.6 is 0 Å². The second-order valence-electron chi connectivity index (χ2n) is 38.2. The summed E-state index contributed by atoms with van der Waals surface area (Å²) in [5.74, 6) is 4.40. The van der Waals surface area contributed by atoms with E-state index in [1.54, 1.807) is 0 Å². The van der Waals surface area contributed by atoms with Gasteiger partial charge in [-0.1, -0.05) is 548 Å². The van der Waals surface area contributed by atoms with E-state index in [2.05, 4.69) is 71.9 Å². The third kappa shape index (κ3) is 71.6. The van der Waals surface area contributed by atoms with E-state index in [-0.39, 0.29) is 0 Å². The molecule has 0 saturated heterocycles. The standard InChI is InChI=1S/C115H207N3O6/c1-7-13-19-25-31-37-43-49-55-61-67-73-79-85-94-119-110-100-108(101-111(120-95-86-80-74-68-62-56-50-44-38-32-26-20-14-8-2)114(110)123-98-89-83-77-71-65-59-53-47-41-35-29-23-17-11-5)116-104-106-92-91-93-107(118-106)105-117-109-102-112(121-96-87-81-75-69-63-57-51-45-39-33-27-21-15-9-3)115(124-99-90-84-78-72-66-60-54-48-42-36-30-24-18-12-6)113(103-109)122-97-88-82-76-70-64-58-52-46-40-34-28-22-16-10-4/h91-93,100-105H,7-90,94-99H2,1-6H3. The highest BCUT2D eigenvalue weighted by Crippen LogP contribution is 2.44. The number of hydrogen-bond acceptors (Lipinski definition) is 9. The van der Waals surface area contributed by atoms with Gasteiger partial charge in [-0.15, -0.1) is 0 Å². The molecular weight excluding hydrogens is 1520 g/mol. The maximum absolute atomic E-state index is 6.87. The molecule has 0 fully saturated rings. The van der Waals surface area contributed by atoms with E-state index in [0.29, 0.717) is 39.6 Å². The first-order chi connectivity index (χ1) is 61.6. The molecule has 3 rings (SSSR count). The van der Waals surface area contributed by atoms with Crippen molar-refractivity contribution in [3.05, 3.63) is 53.9 Å². The maximum atomic E-state index is 6.87. The lowest BCUT2D eigenvalue weighted by Gasteiger charge is -2.18. The van der Waals surface area contributed by atoms with Crippen molar-refractivity contribution >= 4 is 23.8 Å². The molecule has 0 saturated carbocycles. The van der Waals surface area contributed by atoms with Crippen LogP contribution in [0.25, 0.3) is 0 Å². The van der Waals surface area contributed by atoms with Crippen molar-refractivity contribution < 1.29 is 28.4 Å². The Kier molecular flexibility index (Phi) is 84.5. The summed E-state index contributed by atoms with van der Waals surface area (Å²) in [6.07, 6.45) is 115. The number of pyridine rings is 1. The number of aliphatic imine (C=N–C) groups is 2. The van der Waals surface area contributed by atoms with Crippen LogP contribution in [-0.4, -0.2) is 57.1 Å². The first-order valence-electron chi connectivity index (χ1n) is 55.7.